The molecule has 1 fully saturated rings. The van der Waals surface area contributed by atoms with E-state index in [0.29, 0.717) is 23.2 Å². The molecule has 35 heavy (non-hydrogen) atoms. The lowest BCUT2D eigenvalue weighted by molar-refractivity contribution is -0.138. The number of halogens is 7. The van der Waals surface area contributed by atoms with E-state index in [4.69, 9.17) is 22.3 Å². The van der Waals surface area contributed by atoms with Crippen LogP contribution in [0.2, 0.25) is 5.02 Å². The second-order valence-corrected chi connectivity index (χ2v) is 7.85. The van der Waals surface area contributed by atoms with Crippen LogP contribution in [0.25, 0.3) is 0 Å². The van der Waals surface area contributed by atoms with Gasteiger partial charge in [-0.05, 0) is 24.3 Å². The van der Waals surface area contributed by atoms with Gasteiger partial charge in [0.2, 0.25) is 12.0 Å². The molecular formula is C20H12ClF6N5O3. The molecule has 0 radical (unpaired) electrons. The number of hydrogen-bond acceptors (Lipinski definition) is 7. The number of fused-ring (bicyclic) bond motifs is 1. The first-order valence-electron chi connectivity index (χ1n) is 9.60. The van der Waals surface area contributed by atoms with E-state index in [1.807, 2.05) is 0 Å². The maximum absolute atomic E-state index is 13.1. The minimum atomic E-state index is -4.71. The van der Waals surface area contributed by atoms with Crippen molar-refractivity contribution in [3.63, 3.8) is 0 Å². The molecule has 2 unspecified atom stereocenters. The van der Waals surface area contributed by atoms with E-state index in [0.717, 1.165) is 18.2 Å². The second-order valence-electron chi connectivity index (χ2n) is 7.44. The summed E-state index contributed by atoms with van der Waals surface area (Å²) in [5, 5.41) is 6.80. The average Bonchev–Trinajstić information content (AvgIpc) is 3.31. The molecule has 15 heteroatoms. The third-order valence-electron chi connectivity index (χ3n) is 5.27. The van der Waals surface area contributed by atoms with E-state index in [2.05, 4.69) is 15.2 Å². The molecule has 2 aliphatic heterocycles. The molecular weight excluding hydrogens is 508 g/mol. The van der Waals surface area contributed by atoms with Gasteiger partial charge < -0.3 is 10.7 Å². The van der Waals surface area contributed by atoms with Crippen molar-refractivity contribution in [1.82, 2.24) is 4.98 Å². The number of pyridine rings is 1. The number of carbonyl (C=O) groups excluding carboxylic acids is 2. The fourth-order valence-electron chi connectivity index (χ4n) is 3.60. The van der Waals surface area contributed by atoms with Gasteiger partial charge in [-0.2, -0.15) is 31.4 Å². The molecule has 0 saturated carbocycles. The number of oxime groups is 1. The zero-order valence-electron chi connectivity index (χ0n) is 17.1. The first-order valence-corrected chi connectivity index (χ1v) is 9.98. The van der Waals surface area contributed by atoms with Crippen LogP contribution >= 0.6 is 11.6 Å². The number of aromatic nitrogens is 1. The number of benzene rings is 1. The molecule has 2 atom stereocenters. The molecule has 1 aromatic carbocycles. The predicted octanol–water partition coefficient (Wildman–Crippen LogP) is 3.57. The standard InChI is InChI=1S/C20H12ClF6N5O3/c21-11-5-9(20(25,26)27)7-29-12(11)6-13(30-28)15-14-16(35-31-15)18(34)32(17(14)33)10-3-1-2-8(4-10)19(22,23)24/h1-5,7,14,16H,6,28H2/b30-13-. The molecule has 184 valence electrons. The van der Waals surface area contributed by atoms with E-state index in [-0.39, 0.29) is 34.2 Å². The van der Waals surface area contributed by atoms with Gasteiger partial charge in [0.25, 0.3) is 5.91 Å². The Labute approximate surface area is 197 Å². The summed E-state index contributed by atoms with van der Waals surface area (Å²) in [7, 11) is 0. The van der Waals surface area contributed by atoms with Crippen LogP contribution in [0.1, 0.15) is 16.8 Å². The summed E-state index contributed by atoms with van der Waals surface area (Å²) in [5.74, 6) is 2.10. The van der Waals surface area contributed by atoms with Crippen LogP contribution in [0.4, 0.5) is 32.0 Å². The molecule has 0 aliphatic carbocycles. The molecule has 2 N–H and O–H groups in total. The van der Waals surface area contributed by atoms with Gasteiger partial charge >= 0.3 is 12.4 Å². The topological polar surface area (TPSA) is 110 Å². The minimum absolute atomic E-state index is 0.0819. The Morgan fingerprint density at radius 3 is 2.37 bits per heavy atom. The molecule has 2 aromatic rings. The molecule has 0 bridgehead atoms. The largest absolute Gasteiger partial charge is 0.417 e. The van der Waals surface area contributed by atoms with Gasteiger partial charge in [0.1, 0.15) is 11.6 Å². The third kappa shape index (κ3) is 4.40. The molecule has 2 aliphatic rings. The Bertz CT molecular complexity index is 1280. The third-order valence-corrected chi connectivity index (χ3v) is 5.60. The van der Waals surface area contributed by atoms with Crippen LogP contribution in [0.3, 0.4) is 0 Å². The van der Waals surface area contributed by atoms with E-state index in [1.165, 1.54) is 0 Å². The zero-order valence-corrected chi connectivity index (χ0v) is 17.8. The predicted molar refractivity (Wildman–Crippen MR) is 109 cm³/mol. The number of imide groups is 1. The Morgan fingerprint density at radius 2 is 1.77 bits per heavy atom. The lowest BCUT2D eigenvalue weighted by Gasteiger charge is -2.17. The number of hydrogen-bond donors (Lipinski definition) is 1. The van der Waals surface area contributed by atoms with Gasteiger partial charge in [0, 0.05) is 12.6 Å². The van der Waals surface area contributed by atoms with Crippen molar-refractivity contribution < 1.29 is 40.8 Å². The van der Waals surface area contributed by atoms with Crippen LogP contribution in [0, 0.1) is 5.92 Å². The van der Waals surface area contributed by atoms with E-state index < -0.39 is 47.3 Å². The molecule has 2 amide bonds. The van der Waals surface area contributed by atoms with Crippen molar-refractivity contribution in [3.8, 4) is 0 Å². The Hall–Kier alpha value is -3.68. The summed E-state index contributed by atoms with van der Waals surface area (Å²) in [6.07, 6.45) is -10.7. The van der Waals surface area contributed by atoms with E-state index in [9.17, 15) is 35.9 Å². The summed E-state index contributed by atoms with van der Waals surface area (Å²) >= 11 is 5.91. The number of alkyl halides is 6. The molecule has 8 nitrogen and oxygen atoms in total. The van der Waals surface area contributed by atoms with E-state index in [1.54, 1.807) is 0 Å². The smallest absolute Gasteiger partial charge is 0.381 e. The number of hydrazone groups is 1. The second kappa shape index (κ2) is 8.52. The SMILES string of the molecule is N/N=C(/Cc1ncc(C(F)(F)F)cc1Cl)C1=NOC2C(=O)N(c3cccc(C(F)(F)F)c3)C(=O)C12. The van der Waals surface area contributed by atoms with Crippen molar-refractivity contribution in [2.45, 2.75) is 24.9 Å². The van der Waals surface area contributed by atoms with Gasteiger partial charge in [0.15, 0.2) is 0 Å². The number of carbonyl (C=O) groups is 2. The monoisotopic (exact) mass is 519 g/mol. The summed E-state index contributed by atoms with van der Waals surface area (Å²) in [5.41, 5.74) is -2.96. The quantitative estimate of drug-likeness (QED) is 0.218. The Kier molecular flexibility index (Phi) is 5.95. The summed E-state index contributed by atoms with van der Waals surface area (Å²) < 4.78 is 77.8. The lowest BCUT2D eigenvalue weighted by Crippen LogP contribution is -2.35. The first kappa shape index (κ1) is 24.4. The van der Waals surface area contributed by atoms with Gasteiger partial charge in [-0.1, -0.05) is 22.8 Å². The van der Waals surface area contributed by atoms with Crippen molar-refractivity contribution >= 4 is 40.5 Å². The van der Waals surface area contributed by atoms with Gasteiger partial charge in [0.05, 0.1) is 33.2 Å². The zero-order chi connectivity index (χ0) is 25.7. The molecule has 4 rings (SSSR count). The molecule has 0 spiro atoms. The number of anilines is 1. The fraction of sp³-hybridized carbons (Fsp3) is 0.250. The van der Waals surface area contributed by atoms with Crippen LogP contribution in [0.15, 0.2) is 46.8 Å². The highest BCUT2D eigenvalue weighted by Crippen LogP contribution is 2.37. The molecule has 1 saturated heterocycles. The van der Waals surface area contributed by atoms with Crippen molar-refractivity contribution in [2.24, 2.45) is 22.0 Å². The molecule has 3 heterocycles. The number of amides is 2. The highest BCUT2D eigenvalue weighted by atomic mass is 35.5. The van der Waals surface area contributed by atoms with Gasteiger partial charge in [-0.25, -0.2) is 4.90 Å². The van der Waals surface area contributed by atoms with Gasteiger partial charge in [-0.15, -0.1) is 0 Å². The van der Waals surface area contributed by atoms with Gasteiger partial charge in [-0.3, -0.25) is 14.6 Å². The first-order chi connectivity index (χ1) is 16.3. The van der Waals surface area contributed by atoms with Crippen LogP contribution in [-0.2, 0) is 33.2 Å². The number of nitrogens with zero attached hydrogens (tertiary/aromatic N) is 4. The lowest BCUT2D eigenvalue weighted by atomic mass is 9.94. The Balaban J connectivity index is 1.61. The van der Waals surface area contributed by atoms with Crippen LogP contribution < -0.4 is 10.7 Å². The number of rotatable bonds is 4. The van der Waals surface area contributed by atoms with Crippen molar-refractivity contribution in [2.75, 3.05) is 4.90 Å². The van der Waals surface area contributed by atoms with Crippen molar-refractivity contribution in [1.29, 1.82) is 0 Å². The molecule has 1 aromatic heterocycles. The number of nitrogens with two attached hydrogens (primary N) is 1. The maximum Gasteiger partial charge on any atom is 0.417 e. The summed E-state index contributed by atoms with van der Waals surface area (Å²) in [4.78, 5) is 35.1. The Morgan fingerprint density at radius 1 is 1.09 bits per heavy atom. The van der Waals surface area contributed by atoms with Crippen LogP contribution in [-0.4, -0.2) is 34.3 Å². The normalized spacial score (nSPS) is 20.7. The highest BCUT2D eigenvalue weighted by molar-refractivity contribution is 6.50. The van der Waals surface area contributed by atoms with Crippen LogP contribution in [0.5, 0.6) is 0 Å². The highest BCUT2D eigenvalue weighted by Gasteiger charge is 2.57. The average molecular weight is 520 g/mol. The summed E-state index contributed by atoms with van der Waals surface area (Å²) in [6.45, 7) is 0. The minimum Gasteiger partial charge on any atom is -0.381 e. The van der Waals surface area contributed by atoms with Crippen molar-refractivity contribution in [3.05, 3.63) is 58.4 Å². The summed E-state index contributed by atoms with van der Waals surface area (Å²) in [6, 6.07) is 4.24. The van der Waals surface area contributed by atoms with E-state index >= 15 is 0 Å². The maximum atomic E-state index is 13.1. The fourth-order valence-corrected chi connectivity index (χ4v) is 3.84.